The number of nitrogens with zero attached hydrogens (tertiary/aromatic N) is 1. The second-order valence-corrected chi connectivity index (χ2v) is 11.4. The van der Waals surface area contributed by atoms with E-state index in [1.54, 1.807) is 22.7 Å². The number of carbonyl (C=O) groups is 3. The number of benzene rings is 1. The molecule has 0 spiro atoms. The molecule has 1 fully saturated rings. The van der Waals surface area contributed by atoms with Crippen LogP contribution in [0.25, 0.3) is 0 Å². The number of rotatable bonds is 8. The Morgan fingerprint density at radius 1 is 1.19 bits per heavy atom. The second kappa shape index (κ2) is 9.43. The van der Waals surface area contributed by atoms with Gasteiger partial charge in [0.05, 0.1) is 12.6 Å². The van der Waals surface area contributed by atoms with E-state index in [1.165, 1.54) is 0 Å². The molecule has 0 unspecified atom stereocenters. The van der Waals surface area contributed by atoms with Gasteiger partial charge >= 0.3 is 0 Å². The summed E-state index contributed by atoms with van der Waals surface area (Å²) in [6, 6.07) is 5.65. The first-order valence-electron chi connectivity index (χ1n) is 11.3. The minimum atomic E-state index is -0.750. The van der Waals surface area contributed by atoms with Gasteiger partial charge in [0.1, 0.15) is 17.5 Å². The largest absolute Gasteiger partial charge is 0.394 e. The smallest absolute Gasteiger partial charge is 0.256 e. The van der Waals surface area contributed by atoms with Gasteiger partial charge in [-0.25, -0.2) is 0 Å². The molecule has 176 valence electrons. The standard InChI is InChI=1S/C24H35N3O4S/c1-7-14(4)18(20(29)25-17(12-28)13(2)3)26-21(30)19-24(5,6)32-23-16-11-9-8-10-15(16)22(31)27(19)23/h8-11,13-14,17-19,23,28H,7,12H2,1-6H3,(H,25,29)(H,26,30)/t14-,17+,18-,19+,23+/m0/s1. The van der Waals surface area contributed by atoms with Crippen molar-refractivity contribution in [2.75, 3.05) is 6.61 Å². The van der Waals surface area contributed by atoms with Crippen LogP contribution in [-0.4, -0.2) is 57.2 Å². The summed E-state index contributed by atoms with van der Waals surface area (Å²) in [5.41, 5.74) is 1.57. The fraction of sp³-hybridized carbons (Fsp3) is 0.625. The highest BCUT2D eigenvalue weighted by Crippen LogP contribution is 2.56. The zero-order valence-corrected chi connectivity index (χ0v) is 20.5. The monoisotopic (exact) mass is 461 g/mol. The van der Waals surface area contributed by atoms with E-state index in [9.17, 15) is 19.5 Å². The lowest BCUT2D eigenvalue weighted by atomic mass is 9.95. The molecule has 7 nitrogen and oxygen atoms in total. The fourth-order valence-corrected chi connectivity index (χ4v) is 6.02. The molecule has 0 bridgehead atoms. The average Bonchev–Trinajstić information content (AvgIpc) is 3.18. The fourth-order valence-electron chi connectivity index (χ4n) is 4.43. The topological polar surface area (TPSA) is 98.7 Å². The third-order valence-electron chi connectivity index (χ3n) is 6.67. The van der Waals surface area contributed by atoms with Crippen molar-refractivity contribution >= 4 is 29.5 Å². The molecule has 1 saturated heterocycles. The van der Waals surface area contributed by atoms with Crippen molar-refractivity contribution in [1.82, 2.24) is 15.5 Å². The first-order chi connectivity index (χ1) is 15.0. The molecule has 1 aromatic rings. The molecule has 8 heteroatoms. The predicted molar refractivity (Wildman–Crippen MR) is 126 cm³/mol. The zero-order chi connectivity index (χ0) is 23.8. The van der Waals surface area contributed by atoms with Crippen LogP contribution in [0, 0.1) is 11.8 Å². The summed E-state index contributed by atoms with van der Waals surface area (Å²) in [4.78, 5) is 41.5. The minimum Gasteiger partial charge on any atom is -0.394 e. The third kappa shape index (κ3) is 4.39. The summed E-state index contributed by atoms with van der Waals surface area (Å²) in [5.74, 6) is -0.824. The van der Waals surface area contributed by atoms with E-state index in [0.717, 1.165) is 5.56 Å². The molecular formula is C24H35N3O4S. The van der Waals surface area contributed by atoms with Gasteiger partial charge in [-0.05, 0) is 37.3 Å². The van der Waals surface area contributed by atoms with Crippen molar-refractivity contribution in [1.29, 1.82) is 0 Å². The first kappa shape index (κ1) is 24.6. The third-order valence-corrected chi connectivity index (χ3v) is 8.20. The van der Waals surface area contributed by atoms with E-state index in [2.05, 4.69) is 10.6 Å². The van der Waals surface area contributed by atoms with Crippen molar-refractivity contribution < 1.29 is 19.5 Å². The van der Waals surface area contributed by atoms with Crippen molar-refractivity contribution in [3.05, 3.63) is 35.4 Å². The van der Waals surface area contributed by atoms with E-state index in [-0.39, 0.29) is 47.6 Å². The summed E-state index contributed by atoms with van der Waals surface area (Å²) >= 11 is 1.60. The van der Waals surface area contributed by atoms with E-state index in [0.29, 0.717) is 12.0 Å². The summed E-state index contributed by atoms with van der Waals surface area (Å²) in [5, 5.41) is 15.2. The number of aliphatic hydroxyl groups is 1. The lowest BCUT2D eigenvalue weighted by molar-refractivity contribution is -0.133. The maximum absolute atomic E-state index is 13.6. The van der Waals surface area contributed by atoms with Crippen molar-refractivity contribution in [3.8, 4) is 0 Å². The number of thioether (sulfide) groups is 1. The molecule has 5 atom stereocenters. The van der Waals surface area contributed by atoms with Gasteiger partial charge in [-0.3, -0.25) is 14.4 Å². The molecule has 32 heavy (non-hydrogen) atoms. The highest BCUT2D eigenvalue weighted by Gasteiger charge is 2.57. The number of hydrogen-bond acceptors (Lipinski definition) is 5. The van der Waals surface area contributed by atoms with Crippen LogP contribution in [-0.2, 0) is 9.59 Å². The molecule has 3 amide bonds. The number of fused-ring (bicyclic) bond motifs is 3. The molecule has 0 aliphatic carbocycles. The van der Waals surface area contributed by atoms with Gasteiger partial charge in [-0.2, -0.15) is 0 Å². The highest BCUT2D eigenvalue weighted by molar-refractivity contribution is 8.01. The Morgan fingerprint density at radius 2 is 1.84 bits per heavy atom. The SMILES string of the molecule is CC[C@H](C)[C@H](NC(=O)[C@H]1N2C(=O)c3ccccc3[C@H]2SC1(C)C)C(=O)N[C@H](CO)C(C)C. The van der Waals surface area contributed by atoms with Gasteiger partial charge in [0.15, 0.2) is 0 Å². The molecule has 0 radical (unpaired) electrons. The molecule has 2 heterocycles. The Balaban J connectivity index is 1.84. The van der Waals surface area contributed by atoms with Gasteiger partial charge in [-0.15, -0.1) is 11.8 Å². The van der Waals surface area contributed by atoms with Crippen LogP contribution in [0.15, 0.2) is 24.3 Å². The van der Waals surface area contributed by atoms with Gasteiger partial charge in [0.2, 0.25) is 11.8 Å². The maximum atomic E-state index is 13.6. The normalized spacial score (nSPS) is 24.0. The van der Waals surface area contributed by atoms with Gasteiger partial charge in [0, 0.05) is 10.3 Å². The lowest BCUT2D eigenvalue weighted by Gasteiger charge is -2.33. The minimum absolute atomic E-state index is 0.0592. The van der Waals surface area contributed by atoms with Crippen LogP contribution >= 0.6 is 11.8 Å². The van der Waals surface area contributed by atoms with Gasteiger partial charge < -0.3 is 20.6 Å². The number of amides is 3. The van der Waals surface area contributed by atoms with Crippen LogP contribution in [0.5, 0.6) is 0 Å². The van der Waals surface area contributed by atoms with Crippen LogP contribution < -0.4 is 10.6 Å². The van der Waals surface area contributed by atoms with Crippen LogP contribution in [0.2, 0.25) is 0 Å². The maximum Gasteiger partial charge on any atom is 0.256 e. The molecule has 1 aromatic carbocycles. The van der Waals surface area contributed by atoms with E-state index in [1.807, 2.05) is 59.7 Å². The summed E-state index contributed by atoms with van der Waals surface area (Å²) in [6.07, 6.45) is 0.698. The van der Waals surface area contributed by atoms with Crippen molar-refractivity contribution in [3.63, 3.8) is 0 Å². The first-order valence-corrected chi connectivity index (χ1v) is 12.2. The highest BCUT2D eigenvalue weighted by atomic mass is 32.2. The Morgan fingerprint density at radius 3 is 2.44 bits per heavy atom. The molecule has 3 N–H and O–H groups in total. The lowest BCUT2D eigenvalue weighted by Crippen LogP contribution is -2.59. The molecule has 3 rings (SSSR count). The summed E-state index contributed by atoms with van der Waals surface area (Å²) < 4.78 is -0.514. The van der Waals surface area contributed by atoms with E-state index >= 15 is 0 Å². The second-order valence-electron chi connectivity index (χ2n) is 9.69. The van der Waals surface area contributed by atoms with Crippen molar-refractivity contribution in [2.24, 2.45) is 11.8 Å². The molecule has 0 saturated carbocycles. The molecule has 0 aromatic heterocycles. The average molecular weight is 462 g/mol. The van der Waals surface area contributed by atoms with Crippen LogP contribution in [0.4, 0.5) is 0 Å². The zero-order valence-electron chi connectivity index (χ0n) is 19.7. The van der Waals surface area contributed by atoms with Gasteiger partial charge in [0.25, 0.3) is 5.91 Å². The molecule has 2 aliphatic rings. The predicted octanol–water partition coefficient (Wildman–Crippen LogP) is 2.70. The Labute approximate surface area is 194 Å². The Kier molecular flexibility index (Phi) is 7.25. The molecular weight excluding hydrogens is 426 g/mol. The number of hydrogen-bond donors (Lipinski definition) is 3. The van der Waals surface area contributed by atoms with Crippen LogP contribution in [0.3, 0.4) is 0 Å². The number of nitrogens with one attached hydrogen (secondary N) is 2. The van der Waals surface area contributed by atoms with E-state index < -0.39 is 16.8 Å². The van der Waals surface area contributed by atoms with Gasteiger partial charge in [-0.1, -0.05) is 52.3 Å². The van der Waals surface area contributed by atoms with E-state index in [4.69, 9.17) is 0 Å². The summed E-state index contributed by atoms with van der Waals surface area (Å²) in [7, 11) is 0. The number of aliphatic hydroxyl groups excluding tert-OH is 1. The summed E-state index contributed by atoms with van der Waals surface area (Å²) in [6.45, 7) is 11.5. The molecule has 2 aliphatic heterocycles. The Bertz CT molecular complexity index is 888. The van der Waals surface area contributed by atoms with Crippen LogP contribution in [0.1, 0.15) is 69.3 Å². The quantitative estimate of drug-likeness (QED) is 0.553. The number of carbonyl (C=O) groups excluding carboxylic acids is 3. The Hall–Kier alpha value is -2.06. The van der Waals surface area contributed by atoms with Crippen molar-refractivity contribution in [2.45, 2.75) is 76.2 Å².